The fraction of sp³-hybridized carbons (Fsp3) is 1.00. The first-order valence-corrected chi connectivity index (χ1v) is 3.83. The maximum atomic E-state index is 2.22. The van der Waals surface area contributed by atoms with Crippen LogP contribution in [0.3, 0.4) is 0 Å². The molecule has 0 aliphatic heterocycles. The summed E-state index contributed by atoms with van der Waals surface area (Å²) in [6.45, 7) is 2.22. The van der Waals surface area contributed by atoms with E-state index in [0.717, 1.165) is 0 Å². The molecule has 1 heteroatoms. The van der Waals surface area contributed by atoms with Crippen molar-refractivity contribution in [3.8, 4) is 0 Å². The first-order chi connectivity index (χ1) is 2.41. The van der Waals surface area contributed by atoms with E-state index < -0.39 is 0 Å². The molecule has 0 aliphatic rings. The van der Waals surface area contributed by atoms with Crippen molar-refractivity contribution < 1.29 is 0 Å². The molecule has 0 fully saturated rings. The standard InChI is InChI=1S/C4H9.Sb/c1-3-4-2;/h1,3-4H2,2H3;. The van der Waals surface area contributed by atoms with Crippen LogP contribution in [0.4, 0.5) is 0 Å². The molecule has 0 nitrogen and oxygen atoms in total. The summed E-state index contributed by atoms with van der Waals surface area (Å²) in [5.41, 5.74) is 0. The predicted molar refractivity (Wildman–Crippen MR) is 25.5 cm³/mol. The zero-order valence-corrected chi connectivity index (χ0v) is 6.12. The second kappa shape index (κ2) is 4.82. The van der Waals surface area contributed by atoms with Crippen molar-refractivity contribution in [2.24, 2.45) is 0 Å². The van der Waals surface area contributed by atoms with Gasteiger partial charge in [-0.1, -0.05) is 0 Å². The molecule has 2 radical (unpaired) electrons. The summed E-state index contributed by atoms with van der Waals surface area (Å²) in [5.74, 6) is 0. The molecule has 0 aromatic rings. The Balaban J connectivity index is 2.19. The van der Waals surface area contributed by atoms with E-state index in [0.29, 0.717) is 0 Å². The van der Waals surface area contributed by atoms with E-state index >= 15 is 0 Å². The Bertz CT molecular complexity index is 11.1. The molecule has 0 unspecified atom stereocenters. The summed E-state index contributed by atoms with van der Waals surface area (Å²) in [6.07, 6.45) is 2.77. The minimum atomic E-state index is 1.36. The van der Waals surface area contributed by atoms with Gasteiger partial charge in [0, 0.05) is 0 Å². The first kappa shape index (κ1) is 5.82. The van der Waals surface area contributed by atoms with Crippen LogP contribution >= 0.6 is 0 Å². The van der Waals surface area contributed by atoms with Crippen LogP contribution in [0, 0.1) is 0 Å². The molecule has 0 spiro atoms. The molecule has 0 aromatic carbocycles. The monoisotopic (exact) mass is 178 g/mol. The van der Waals surface area contributed by atoms with E-state index in [1.54, 1.807) is 0 Å². The maximum absolute atomic E-state index is 2.22. The van der Waals surface area contributed by atoms with Gasteiger partial charge >= 0.3 is 47.2 Å². The number of rotatable bonds is 2. The molecule has 0 amide bonds. The van der Waals surface area contributed by atoms with Crippen LogP contribution in [0.5, 0.6) is 0 Å². The van der Waals surface area contributed by atoms with Crippen molar-refractivity contribution in [2.45, 2.75) is 24.1 Å². The second-order valence-corrected chi connectivity index (χ2v) is 2.35. The summed E-state index contributed by atoms with van der Waals surface area (Å²) in [6, 6.07) is 0. The first-order valence-electron chi connectivity index (χ1n) is 2.02. The molecule has 0 N–H and O–H groups in total. The average Bonchev–Trinajstić information content (AvgIpc) is 1.41. The van der Waals surface area contributed by atoms with Gasteiger partial charge in [0.1, 0.15) is 0 Å². The van der Waals surface area contributed by atoms with Crippen LogP contribution < -0.4 is 0 Å². The van der Waals surface area contributed by atoms with Gasteiger partial charge in [-0.2, -0.15) is 0 Å². The van der Waals surface area contributed by atoms with Gasteiger partial charge in [-0.15, -0.1) is 0 Å². The normalized spacial score (nSPS) is 8.40. The van der Waals surface area contributed by atoms with Crippen LogP contribution in [-0.2, 0) is 0 Å². The minimum absolute atomic E-state index is 1.36. The van der Waals surface area contributed by atoms with Gasteiger partial charge in [-0.3, -0.25) is 0 Å². The SMILES string of the molecule is CCC[CH2][Sb]. The molecule has 30 valence electrons. The molecule has 0 saturated carbocycles. The van der Waals surface area contributed by atoms with Crippen LogP contribution in [0.1, 0.15) is 19.8 Å². The van der Waals surface area contributed by atoms with Gasteiger partial charge in [0.25, 0.3) is 0 Å². The summed E-state index contributed by atoms with van der Waals surface area (Å²) >= 11 is 1.92. The molecule has 0 heterocycles. The fourth-order valence-electron chi connectivity index (χ4n) is 0.158. The van der Waals surface area contributed by atoms with Crippen molar-refractivity contribution in [3.05, 3.63) is 0 Å². The van der Waals surface area contributed by atoms with E-state index in [-0.39, 0.29) is 0 Å². The van der Waals surface area contributed by atoms with E-state index in [4.69, 9.17) is 0 Å². The van der Waals surface area contributed by atoms with Gasteiger partial charge in [-0.25, -0.2) is 0 Å². The number of unbranched alkanes of at least 4 members (excludes halogenated alkanes) is 1. The van der Waals surface area contributed by atoms with Crippen molar-refractivity contribution in [1.29, 1.82) is 0 Å². The Morgan fingerprint density at radius 1 is 1.60 bits per heavy atom. The van der Waals surface area contributed by atoms with Gasteiger partial charge in [-0.05, 0) is 0 Å². The molecule has 0 aromatic heterocycles. The van der Waals surface area contributed by atoms with Gasteiger partial charge in [0.05, 0.1) is 0 Å². The summed E-state index contributed by atoms with van der Waals surface area (Å²) < 4.78 is 1.39. The van der Waals surface area contributed by atoms with Crippen LogP contribution in [-0.4, -0.2) is 23.0 Å². The zero-order chi connectivity index (χ0) is 4.12. The summed E-state index contributed by atoms with van der Waals surface area (Å²) in [5, 5.41) is 0. The Morgan fingerprint density at radius 3 is 2.20 bits per heavy atom. The Kier molecular flexibility index (Phi) is 5.61. The third-order valence-corrected chi connectivity index (χ3v) is 1.41. The van der Waals surface area contributed by atoms with E-state index in [1.807, 2.05) is 23.0 Å². The van der Waals surface area contributed by atoms with Crippen molar-refractivity contribution in [2.75, 3.05) is 0 Å². The molecule has 0 saturated heterocycles. The second-order valence-electron chi connectivity index (χ2n) is 1.08. The van der Waals surface area contributed by atoms with Crippen LogP contribution in [0.15, 0.2) is 0 Å². The molecular weight excluding hydrogens is 170 g/mol. The zero-order valence-electron chi connectivity index (χ0n) is 3.57. The molecule has 0 atom stereocenters. The molecule has 0 bridgehead atoms. The van der Waals surface area contributed by atoms with E-state index in [1.165, 1.54) is 17.2 Å². The number of hydrogen-bond donors (Lipinski definition) is 0. The molecule has 5 heavy (non-hydrogen) atoms. The predicted octanol–water partition coefficient (Wildman–Crippen LogP) is 1.37. The molecular formula is C4H9Sb. The van der Waals surface area contributed by atoms with E-state index in [2.05, 4.69) is 6.92 Å². The average molecular weight is 179 g/mol. The van der Waals surface area contributed by atoms with Crippen LogP contribution in [0.2, 0.25) is 4.37 Å². The molecule has 0 aliphatic carbocycles. The fourth-order valence-corrected chi connectivity index (χ4v) is 1.06. The van der Waals surface area contributed by atoms with Crippen LogP contribution in [0.25, 0.3) is 0 Å². The third-order valence-electron chi connectivity index (χ3n) is 0.512. The summed E-state index contributed by atoms with van der Waals surface area (Å²) in [4.78, 5) is 0. The van der Waals surface area contributed by atoms with Gasteiger partial charge in [0.15, 0.2) is 0 Å². The van der Waals surface area contributed by atoms with Gasteiger partial charge in [0.2, 0.25) is 0 Å². The Morgan fingerprint density at radius 2 is 2.20 bits per heavy atom. The molecule has 0 rings (SSSR count). The third kappa shape index (κ3) is 4.82. The van der Waals surface area contributed by atoms with Gasteiger partial charge < -0.3 is 0 Å². The summed E-state index contributed by atoms with van der Waals surface area (Å²) in [7, 11) is 0. The Labute approximate surface area is 47.4 Å². The topological polar surface area (TPSA) is 0 Å². The quantitative estimate of drug-likeness (QED) is 0.561. The number of hydrogen-bond acceptors (Lipinski definition) is 0. The van der Waals surface area contributed by atoms with Crippen molar-refractivity contribution in [1.82, 2.24) is 0 Å². The van der Waals surface area contributed by atoms with Crippen molar-refractivity contribution in [3.63, 3.8) is 0 Å². The van der Waals surface area contributed by atoms with Crippen molar-refractivity contribution >= 4 is 23.0 Å². The van der Waals surface area contributed by atoms with E-state index in [9.17, 15) is 0 Å². The Hall–Kier alpha value is 0.818.